The summed E-state index contributed by atoms with van der Waals surface area (Å²) in [6.45, 7) is 2.38. The van der Waals surface area contributed by atoms with Crippen molar-refractivity contribution in [1.82, 2.24) is 0 Å². The van der Waals surface area contributed by atoms with Crippen LogP contribution in [0.3, 0.4) is 0 Å². The molecule has 2 rings (SSSR count). The maximum Gasteiger partial charge on any atom is 0.0499 e. The van der Waals surface area contributed by atoms with Gasteiger partial charge in [0.25, 0.3) is 0 Å². The first kappa shape index (κ1) is 10.4. The fourth-order valence-corrected chi connectivity index (χ4v) is 2.23. The van der Waals surface area contributed by atoms with Gasteiger partial charge in [-0.25, -0.2) is 0 Å². The molecule has 0 radical (unpaired) electrons. The first-order valence-electron chi connectivity index (χ1n) is 5.69. The van der Waals surface area contributed by atoms with Crippen LogP contribution >= 0.6 is 0 Å². The first-order valence-corrected chi connectivity index (χ1v) is 5.69. The molecule has 1 aliphatic carbocycles. The quantitative estimate of drug-likeness (QED) is 0.781. The minimum absolute atomic E-state index is 0.277. The number of aliphatic hydroxyl groups is 1. The minimum Gasteiger partial charge on any atom is -0.396 e. The molecular formula is C14H18O. The molecule has 1 aromatic carbocycles. The second kappa shape index (κ2) is 4.63. The van der Waals surface area contributed by atoms with Gasteiger partial charge in [-0.3, -0.25) is 0 Å². The third kappa shape index (κ3) is 2.29. The molecule has 0 saturated heterocycles. The van der Waals surface area contributed by atoms with Gasteiger partial charge in [-0.2, -0.15) is 0 Å². The molecule has 1 unspecified atom stereocenters. The predicted octanol–water partition coefficient (Wildman–Crippen LogP) is 3.17. The molecular weight excluding hydrogens is 184 g/mol. The molecule has 1 N–H and O–H groups in total. The lowest BCUT2D eigenvalue weighted by Crippen LogP contribution is -2.11. The maximum atomic E-state index is 9.34. The third-order valence-electron chi connectivity index (χ3n) is 3.17. The second-order valence-corrected chi connectivity index (χ2v) is 4.34. The second-order valence-electron chi connectivity index (χ2n) is 4.34. The molecule has 0 amide bonds. The highest BCUT2D eigenvalue weighted by Gasteiger charge is 2.17. The fraction of sp³-hybridized carbons (Fsp3) is 0.429. The van der Waals surface area contributed by atoms with E-state index in [1.165, 1.54) is 23.1 Å². The summed E-state index contributed by atoms with van der Waals surface area (Å²) in [5, 5.41) is 9.34. The van der Waals surface area contributed by atoms with Crippen molar-refractivity contribution in [1.29, 1.82) is 0 Å². The van der Waals surface area contributed by atoms with Crippen LogP contribution in [0.1, 0.15) is 30.4 Å². The Labute approximate surface area is 91.4 Å². The van der Waals surface area contributed by atoms with Crippen LogP contribution in [0.25, 0.3) is 5.57 Å². The number of rotatable bonds is 2. The van der Waals surface area contributed by atoms with Gasteiger partial charge in [0.15, 0.2) is 0 Å². The van der Waals surface area contributed by atoms with Gasteiger partial charge in [0.05, 0.1) is 0 Å². The van der Waals surface area contributed by atoms with Crippen LogP contribution in [0.4, 0.5) is 0 Å². The van der Waals surface area contributed by atoms with E-state index in [0.29, 0.717) is 5.92 Å². The van der Waals surface area contributed by atoms with E-state index < -0.39 is 0 Å². The highest BCUT2D eigenvalue weighted by atomic mass is 16.3. The zero-order valence-corrected chi connectivity index (χ0v) is 9.24. The number of hydrogen-bond acceptors (Lipinski definition) is 1. The third-order valence-corrected chi connectivity index (χ3v) is 3.17. The Morgan fingerprint density at radius 3 is 2.67 bits per heavy atom. The van der Waals surface area contributed by atoms with Crippen LogP contribution in [-0.4, -0.2) is 11.7 Å². The lowest BCUT2D eigenvalue weighted by atomic mass is 9.84. The van der Waals surface area contributed by atoms with E-state index in [-0.39, 0.29) is 6.61 Å². The summed E-state index contributed by atoms with van der Waals surface area (Å²) in [5.74, 6) is 0.349. The average Bonchev–Trinajstić information content (AvgIpc) is 2.30. The van der Waals surface area contributed by atoms with Crippen LogP contribution in [0.5, 0.6) is 0 Å². The molecule has 0 heterocycles. The number of aliphatic hydroxyl groups excluding tert-OH is 1. The van der Waals surface area contributed by atoms with Crippen molar-refractivity contribution in [3.8, 4) is 0 Å². The van der Waals surface area contributed by atoms with Crippen molar-refractivity contribution in [2.75, 3.05) is 6.61 Å². The molecule has 15 heavy (non-hydrogen) atoms. The molecule has 0 fully saturated rings. The minimum atomic E-state index is 0.277. The van der Waals surface area contributed by atoms with Crippen molar-refractivity contribution < 1.29 is 5.11 Å². The van der Waals surface area contributed by atoms with Gasteiger partial charge in [0.1, 0.15) is 0 Å². The van der Waals surface area contributed by atoms with E-state index in [0.717, 1.165) is 12.8 Å². The summed E-state index contributed by atoms with van der Waals surface area (Å²) in [6.07, 6.45) is 5.77. The molecule has 1 heteroatoms. The van der Waals surface area contributed by atoms with Gasteiger partial charge in [-0.1, -0.05) is 35.9 Å². The van der Waals surface area contributed by atoms with Gasteiger partial charge < -0.3 is 5.11 Å². The molecule has 1 aliphatic rings. The lowest BCUT2D eigenvalue weighted by molar-refractivity contribution is 0.246. The van der Waals surface area contributed by atoms with Gasteiger partial charge in [-0.15, -0.1) is 0 Å². The van der Waals surface area contributed by atoms with Crippen LogP contribution in [0.15, 0.2) is 30.3 Å². The number of aryl methyl sites for hydroxylation is 1. The van der Waals surface area contributed by atoms with E-state index in [9.17, 15) is 5.11 Å². The van der Waals surface area contributed by atoms with Crippen molar-refractivity contribution >= 4 is 5.57 Å². The molecule has 0 aliphatic heterocycles. The normalized spacial score (nSPS) is 21.2. The standard InChI is InChI=1S/C14H18O/c1-11-6-8-12(9-7-11)14-5-3-2-4-13(14)10-15/h5-9,13,15H,2-4,10H2,1H3. The molecule has 1 atom stereocenters. The Balaban J connectivity index is 2.28. The molecule has 1 aromatic rings. The summed E-state index contributed by atoms with van der Waals surface area (Å²) in [4.78, 5) is 0. The zero-order valence-electron chi connectivity index (χ0n) is 9.24. The summed E-state index contributed by atoms with van der Waals surface area (Å²) in [7, 11) is 0. The Bertz CT molecular complexity index is 348. The van der Waals surface area contributed by atoms with Crippen molar-refractivity contribution in [2.45, 2.75) is 26.2 Å². The zero-order chi connectivity index (χ0) is 10.7. The fourth-order valence-electron chi connectivity index (χ4n) is 2.23. The van der Waals surface area contributed by atoms with Gasteiger partial charge in [-0.05, 0) is 37.3 Å². The smallest absolute Gasteiger partial charge is 0.0499 e. The summed E-state index contributed by atoms with van der Waals surface area (Å²) in [6, 6.07) is 8.60. The number of allylic oxidation sites excluding steroid dienone is 1. The van der Waals surface area contributed by atoms with Crippen LogP contribution in [-0.2, 0) is 0 Å². The SMILES string of the molecule is Cc1ccc(C2=CCCCC2CO)cc1. The average molecular weight is 202 g/mol. The number of hydrogen-bond donors (Lipinski definition) is 1. The molecule has 0 spiro atoms. The summed E-state index contributed by atoms with van der Waals surface area (Å²) >= 11 is 0. The Morgan fingerprint density at radius 2 is 2.00 bits per heavy atom. The maximum absolute atomic E-state index is 9.34. The molecule has 0 saturated carbocycles. The largest absolute Gasteiger partial charge is 0.396 e. The van der Waals surface area contributed by atoms with Crippen LogP contribution < -0.4 is 0 Å². The van der Waals surface area contributed by atoms with Gasteiger partial charge >= 0.3 is 0 Å². The van der Waals surface area contributed by atoms with E-state index in [1.807, 2.05) is 0 Å². The van der Waals surface area contributed by atoms with E-state index in [4.69, 9.17) is 0 Å². The Hall–Kier alpha value is -1.08. The molecule has 1 nitrogen and oxygen atoms in total. The summed E-state index contributed by atoms with van der Waals surface area (Å²) in [5.41, 5.74) is 3.90. The highest BCUT2D eigenvalue weighted by molar-refractivity contribution is 5.68. The van der Waals surface area contributed by atoms with Crippen molar-refractivity contribution in [3.63, 3.8) is 0 Å². The lowest BCUT2D eigenvalue weighted by Gasteiger charge is -2.22. The topological polar surface area (TPSA) is 20.2 Å². The van der Waals surface area contributed by atoms with E-state index in [2.05, 4.69) is 37.3 Å². The molecule has 0 aromatic heterocycles. The highest BCUT2D eigenvalue weighted by Crippen LogP contribution is 2.32. The van der Waals surface area contributed by atoms with Crippen LogP contribution in [0.2, 0.25) is 0 Å². The predicted molar refractivity (Wildman–Crippen MR) is 63.6 cm³/mol. The van der Waals surface area contributed by atoms with Crippen molar-refractivity contribution in [2.24, 2.45) is 5.92 Å². The molecule has 0 bridgehead atoms. The first-order chi connectivity index (χ1) is 7.31. The van der Waals surface area contributed by atoms with Gasteiger partial charge in [0.2, 0.25) is 0 Å². The Morgan fingerprint density at radius 1 is 1.27 bits per heavy atom. The monoisotopic (exact) mass is 202 g/mol. The summed E-state index contributed by atoms with van der Waals surface area (Å²) < 4.78 is 0. The van der Waals surface area contributed by atoms with E-state index >= 15 is 0 Å². The Kier molecular flexibility index (Phi) is 3.22. The van der Waals surface area contributed by atoms with E-state index in [1.54, 1.807) is 0 Å². The van der Waals surface area contributed by atoms with Gasteiger partial charge in [0, 0.05) is 12.5 Å². The molecule has 80 valence electrons. The van der Waals surface area contributed by atoms with Crippen LogP contribution in [0, 0.1) is 12.8 Å². The number of benzene rings is 1. The van der Waals surface area contributed by atoms with Crippen molar-refractivity contribution in [3.05, 3.63) is 41.5 Å².